The van der Waals surface area contributed by atoms with Gasteiger partial charge in [0.2, 0.25) is 17.7 Å². The highest BCUT2D eigenvalue weighted by Gasteiger charge is 2.52. The lowest BCUT2D eigenvalue weighted by molar-refractivity contribution is -0.362. The number of amides is 2. The minimum Gasteiger partial charge on any atom is -0.457 e. The summed E-state index contributed by atoms with van der Waals surface area (Å²) in [6.45, 7) is 4.54. The number of allylic oxidation sites excluding steroid dienone is 2. The second-order valence-electron chi connectivity index (χ2n) is 15.5. The van der Waals surface area contributed by atoms with Gasteiger partial charge in [0.1, 0.15) is 35.1 Å². The molecule has 62 heavy (non-hydrogen) atoms. The molecule has 4 N–H and O–H groups in total. The fraction of sp³-hybridized carbons (Fsp3) is 0.239. The van der Waals surface area contributed by atoms with Gasteiger partial charge in [-0.25, -0.2) is 9.97 Å². The van der Waals surface area contributed by atoms with Crippen molar-refractivity contribution in [2.45, 2.75) is 26.7 Å². The number of ether oxygens (including phenoxy) is 2. The minimum atomic E-state index is -4.04. The average Bonchev–Trinajstić information content (AvgIpc) is 3.81. The Morgan fingerprint density at radius 2 is 1.61 bits per heavy atom. The average molecular weight is 840 g/mol. The van der Waals surface area contributed by atoms with E-state index in [0.29, 0.717) is 65.2 Å². The van der Waals surface area contributed by atoms with Crippen molar-refractivity contribution in [3.63, 3.8) is 0 Å². The Morgan fingerprint density at radius 1 is 0.871 bits per heavy atom. The number of benzene rings is 3. The molecular formula is C46H48BF2N9O4. The number of nitrogens with zero attached hydrogens (tertiary/aromatic N) is 6. The van der Waals surface area contributed by atoms with Crippen molar-refractivity contribution in [3.8, 4) is 34.3 Å². The van der Waals surface area contributed by atoms with Crippen LogP contribution in [0.15, 0.2) is 127 Å². The van der Waals surface area contributed by atoms with Crippen LogP contribution in [0.4, 0.5) is 20.1 Å². The maximum absolute atomic E-state index is 15.7. The van der Waals surface area contributed by atoms with Gasteiger partial charge in [0.05, 0.1) is 5.56 Å². The second-order valence-corrected chi connectivity index (χ2v) is 15.5. The first-order valence-electron chi connectivity index (χ1n) is 20.7. The van der Waals surface area contributed by atoms with E-state index in [1.807, 2.05) is 67.6 Å². The van der Waals surface area contributed by atoms with E-state index in [2.05, 4.69) is 30.4 Å². The summed E-state index contributed by atoms with van der Waals surface area (Å²) in [5, 5.41) is 5.85. The molecule has 13 nitrogen and oxygen atoms in total. The van der Waals surface area contributed by atoms with Crippen LogP contribution in [0.25, 0.3) is 17.2 Å². The SMILES string of the molecule is CC1=CC(C)=[N+]2C1=Cc1ccc(CCC(=O)NCCN3CCN(C/C=C/C(=O)Nc4cccc(Oc5ncnc(N)c5-c5ccc(Oc6ccccc6)cc5)c4)CC3)n1[B-]2(F)F. The molecule has 3 aliphatic heterocycles. The zero-order valence-electron chi connectivity index (χ0n) is 34.6. The first kappa shape index (κ1) is 41.8. The van der Waals surface area contributed by atoms with Crippen LogP contribution in [0.2, 0.25) is 0 Å². The summed E-state index contributed by atoms with van der Waals surface area (Å²) in [6, 6.07) is 27.3. The normalized spacial score (nSPS) is 16.1. The van der Waals surface area contributed by atoms with Gasteiger partial charge < -0.3 is 43.4 Å². The molecule has 0 bridgehead atoms. The van der Waals surface area contributed by atoms with Crippen LogP contribution in [0.1, 0.15) is 31.7 Å². The first-order valence-corrected chi connectivity index (χ1v) is 20.7. The molecule has 0 atom stereocenters. The third kappa shape index (κ3) is 9.51. The highest BCUT2D eigenvalue weighted by atomic mass is 19.2. The predicted octanol–water partition coefficient (Wildman–Crippen LogP) is 6.98. The van der Waals surface area contributed by atoms with E-state index in [4.69, 9.17) is 15.2 Å². The number of carbonyl (C=O) groups is 2. The van der Waals surface area contributed by atoms with Crippen molar-refractivity contribution in [2.75, 3.05) is 56.9 Å². The molecule has 1 saturated heterocycles. The number of hydrogen-bond acceptors (Lipinski definition) is 9. The van der Waals surface area contributed by atoms with Gasteiger partial charge >= 0.3 is 6.97 Å². The van der Waals surface area contributed by atoms with E-state index < -0.39 is 6.97 Å². The van der Waals surface area contributed by atoms with E-state index in [1.54, 1.807) is 55.5 Å². The topological polar surface area (TPSA) is 143 Å². The van der Waals surface area contributed by atoms with E-state index in [1.165, 1.54) is 12.4 Å². The van der Waals surface area contributed by atoms with Crippen molar-refractivity contribution >= 4 is 42.1 Å². The third-order valence-electron chi connectivity index (χ3n) is 11.1. The Labute approximate surface area is 358 Å². The first-order chi connectivity index (χ1) is 30.0. The lowest BCUT2D eigenvalue weighted by atomic mass is 9.89. The molecule has 16 heteroatoms. The molecule has 318 valence electrons. The number of aromatic nitrogens is 3. The van der Waals surface area contributed by atoms with Crippen LogP contribution in [0.3, 0.4) is 0 Å². The van der Waals surface area contributed by atoms with Gasteiger partial charge in [0, 0.05) is 100 Å². The molecule has 0 saturated carbocycles. The number of nitrogens with two attached hydrogens (primary N) is 1. The number of piperazine rings is 1. The summed E-state index contributed by atoms with van der Waals surface area (Å²) in [7, 11) is 0. The van der Waals surface area contributed by atoms with Gasteiger partial charge in [-0.2, -0.15) is 0 Å². The lowest BCUT2D eigenvalue weighted by Crippen LogP contribution is -2.50. The van der Waals surface area contributed by atoms with E-state index in [-0.39, 0.29) is 36.4 Å². The molecule has 3 aliphatic rings. The molecular weight excluding hydrogens is 791 g/mol. The van der Waals surface area contributed by atoms with Crippen molar-refractivity contribution in [2.24, 2.45) is 0 Å². The number of rotatable bonds is 15. The number of halogens is 2. The molecule has 0 unspecified atom stereocenters. The van der Waals surface area contributed by atoms with Gasteiger partial charge in [0.25, 0.3) is 0 Å². The number of nitrogens with one attached hydrogen (secondary N) is 2. The van der Waals surface area contributed by atoms with Gasteiger partial charge in [-0.3, -0.25) is 19.4 Å². The molecule has 0 aliphatic carbocycles. The molecule has 0 radical (unpaired) electrons. The number of anilines is 2. The van der Waals surface area contributed by atoms with E-state index >= 15 is 8.63 Å². The number of aryl methyl sites for hydroxylation is 1. The number of fused-ring (bicyclic) bond motifs is 2. The quantitative estimate of drug-likeness (QED) is 0.0752. The molecule has 1 fully saturated rings. The largest absolute Gasteiger partial charge is 0.737 e. The van der Waals surface area contributed by atoms with Crippen LogP contribution < -0.4 is 25.8 Å². The molecule has 2 aromatic heterocycles. The molecule has 3 aromatic carbocycles. The number of para-hydroxylation sites is 1. The highest BCUT2D eigenvalue weighted by molar-refractivity contribution is 6.58. The summed E-state index contributed by atoms with van der Waals surface area (Å²) in [5.74, 6) is 1.93. The Bertz CT molecular complexity index is 2580. The summed E-state index contributed by atoms with van der Waals surface area (Å²) in [5.41, 5.74) is 10.9. The molecule has 0 spiro atoms. The van der Waals surface area contributed by atoms with Crippen molar-refractivity contribution in [1.82, 2.24) is 29.6 Å². The predicted molar refractivity (Wildman–Crippen MR) is 237 cm³/mol. The van der Waals surface area contributed by atoms with Gasteiger partial charge in [0.15, 0.2) is 5.70 Å². The zero-order valence-corrected chi connectivity index (χ0v) is 34.6. The number of nitrogen functional groups attached to an aromatic ring is 1. The molecule has 5 heterocycles. The second kappa shape index (κ2) is 18.4. The maximum atomic E-state index is 15.7. The minimum absolute atomic E-state index is 0.126. The lowest BCUT2D eigenvalue weighted by Gasteiger charge is -2.34. The third-order valence-corrected chi connectivity index (χ3v) is 11.1. The molecule has 5 aromatic rings. The van der Waals surface area contributed by atoms with Crippen LogP contribution in [-0.4, -0.2) is 99.0 Å². The standard InChI is InChI=1S/C46H48BF2N9O4/c1-32-28-33(2)57-41(32)30-37-16-15-36(58(37)47(57,48)49)17-20-42(59)51-21-23-56-26-24-55(25-27-56)22-7-12-43(60)54-35-8-6-11-40(29-35)62-46-44(45(50)52-31-53-46)34-13-18-39(19-14-34)61-38-9-4-3-5-10-38/h3-16,18-19,28-31H,17,20-27H2,1-2H3,(H,51,59)(H,54,60)(H2,50,52,53)/b12-7+. The Morgan fingerprint density at radius 3 is 2.40 bits per heavy atom. The van der Waals surface area contributed by atoms with Gasteiger partial charge in [-0.05, 0) is 73.1 Å². The Balaban J connectivity index is 0.751. The monoisotopic (exact) mass is 839 g/mol. The van der Waals surface area contributed by atoms with E-state index in [9.17, 15) is 9.59 Å². The van der Waals surface area contributed by atoms with Crippen LogP contribution in [0.5, 0.6) is 23.1 Å². The van der Waals surface area contributed by atoms with Crippen LogP contribution in [0, 0.1) is 0 Å². The van der Waals surface area contributed by atoms with Crippen molar-refractivity contribution < 1.29 is 32.2 Å². The fourth-order valence-corrected chi connectivity index (χ4v) is 8.06. The van der Waals surface area contributed by atoms with Crippen LogP contribution in [-0.2, 0) is 16.0 Å². The Kier molecular flexibility index (Phi) is 12.4. The van der Waals surface area contributed by atoms with Crippen molar-refractivity contribution in [1.29, 1.82) is 0 Å². The highest BCUT2D eigenvalue weighted by Crippen LogP contribution is 2.38. The zero-order chi connectivity index (χ0) is 43.2. The van der Waals surface area contributed by atoms with Crippen LogP contribution >= 0.6 is 0 Å². The van der Waals surface area contributed by atoms with E-state index in [0.717, 1.165) is 52.0 Å². The van der Waals surface area contributed by atoms with Crippen molar-refractivity contribution in [3.05, 3.63) is 138 Å². The number of carbonyl (C=O) groups excluding carboxylic acids is 2. The fourth-order valence-electron chi connectivity index (χ4n) is 8.06. The number of hydrogen-bond donors (Lipinski definition) is 3. The summed E-state index contributed by atoms with van der Waals surface area (Å²) >= 11 is 0. The molecule has 2 amide bonds. The van der Waals surface area contributed by atoms with Gasteiger partial charge in [-0.1, -0.05) is 42.5 Å². The Hall–Kier alpha value is -6.91. The summed E-state index contributed by atoms with van der Waals surface area (Å²) < 4.78 is 45.7. The summed E-state index contributed by atoms with van der Waals surface area (Å²) in [6.07, 6.45) is 8.62. The summed E-state index contributed by atoms with van der Waals surface area (Å²) in [4.78, 5) is 38.6. The molecule has 8 rings (SSSR count). The smallest absolute Gasteiger partial charge is 0.457 e. The maximum Gasteiger partial charge on any atom is 0.737 e. The van der Waals surface area contributed by atoms with Gasteiger partial charge in [-0.15, -0.1) is 0 Å².